The second-order valence-electron chi connectivity index (χ2n) is 6.97. The van der Waals surface area contributed by atoms with Gasteiger partial charge in [0.1, 0.15) is 5.69 Å². The molecule has 0 saturated heterocycles. The fourth-order valence-electron chi connectivity index (χ4n) is 3.17. The second kappa shape index (κ2) is 9.58. The van der Waals surface area contributed by atoms with Crippen molar-refractivity contribution >= 4 is 34.8 Å². The number of carbonyl (C=O) groups excluding carboxylic acids is 1. The fourth-order valence-corrected chi connectivity index (χ4v) is 3.47. The lowest BCUT2D eigenvalue weighted by Gasteiger charge is -2.14. The van der Waals surface area contributed by atoms with E-state index in [4.69, 9.17) is 23.2 Å². The molecule has 2 aromatic carbocycles. The van der Waals surface area contributed by atoms with Crippen LogP contribution in [0.25, 0.3) is 11.1 Å². The number of hydrogen-bond acceptors (Lipinski definition) is 2. The topological polar surface area (TPSA) is 46.9 Å². The lowest BCUT2D eigenvalue weighted by molar-refractivity contribution is 0.101. The highest BCUT2D eigenvalue weighted by atomic mass is 35.5. The van der Waals surface area contributed by atoms with Crippen molar-refractivity contribution in [3.8, 4) is 11.1 Å². The van der Waals surface area contributed by atoms with Crippen LogP contribution in [0.3, 0.4) is 0 Å². The molecule has 4 nitrogen and oxygen atoms in total. The number of alkyl halides is 2. The third-order valence-corrected chi connectivity index (χ3v) is 5.43. The zero-order valence-electron chi connectivity index (χ0n) is 16.6. The molecule has 30 heavy (non-hydrogen) atoms. The summed E-state index contributed by atoms with van der Waals surface area (Å²) in [6, 6.07) is 10.9. The summed E-state index contributed by atoms with van der Waals surface area (Å²) in [6.45, 7) is 2.11. The largest absolute Gasteiger partial charge is 0.321 e. The molecule has 158 valence electrons. The van der Waals surface area contributed by atoms with Gasteiger partial charge in [-0.2, -0.15) is 5.10 Å². The number of hydrogen-bond donors (Lipinski definition) is 1. The molecule has 0 aliphatic heterocycles. The van der Waals surface area contributed by atoms with Gasteiger partial charge in [0.25, 0.3) is 12.3 Å². The molecule has 0 unspecified atom stereocenters. The van der Waals surface area contributed by atoms with Crippen LogP contribution in [0, 0.1) is 0 Å². The molecular formula is C22H21Cl2F2N3O. The van der Waals surface area contributed by atoms with Gasteiger partial charge in [-0.3, -0.25) is 9.48 Å². The van der Waals surface area contributed by atoms with E-state index in [1.54, 1.807) is 24.3 Å². The van der Waals surface area contributed by atoms with Crippen molar-refractivity contribution < 1.29 is 13.6 Å². The number of unbranched alkanes of at least 4 members (excludes halogenated alkanes) is 1. The van der Waals surface area contributed by atoms with Gasteiger partial charge >= 0.3 is 0 Å². The van der Waals surface area contributed by atoms with Crippen molar-refractivity contribution in [2.75, 3.05) is 5.32 Å². The summed E-state index contributed by atoms with van der Waals surface area (Å²) in [5, 5.41) is 7.25. The number of rotatable bonds is 7. The highest BCUT2D eigenvalue weighted by Gasteiger charge is 2.23. The number of nitrogens with one attached hydrogen (secondary N) is 1. The molecule has 1 N–H and O–H groups in total. The van der Waals surface area contributed by atoms with Crippen molar-refractivity contribution in [1.82, 2.24) is 9.78 Å². The van der Waals surface area contributed by atoms with E-state index in [-0.39, 0.29) is 5.56 Å². The van der Waals surface area contributed by atoms with E-state index in [1.165, 1.54) is 17.9 Å². The lowest BCUT2D eigenvalue weighted by Crippen LogP contribution is -2.14. The molecule has 0 radical (unpaired) electrons. The molecule has 0 fully saturated rings. The first kappa shape index (κ1) is 22.2. The van der Waals surface area contributed by atoms with Crippen molar-refractivity contribution in [2.24, 2.45) is 7.05 Å². The van der Waals surface area contributed by atoms with Crippen LogP contribution in [-0.4, -0.2) is 15.7 Å². The normalized spacial score (nSPS) is 11.2. The minimum atomic E-state index is -2.85. The number of halogens is 4. The standard InChI is InChI=1S/C22H21Cl2F2N3O/c1-3-4-5-13-6-9-19(15(10-13)14-7-8-17(23)18(24)11-14)27-22(30)16-12-29(2)28-20(16)21(25)26/h6-12,21H,3-5H2,1-2H3,(H,27,30). The Kier molecular flexibility index (Phi) is 7.10. The number of aromatic nitrogens is 2. The summed E-state index contributed by atoms with van der Waals surface area (Å²) >= 11 is 12.2. The van der Waals surface area contributed by atoms with Gasteiger partial charge in [-0.05, 0) is 48.2 Å². The molecule has 1 amide bonds. The van der Waals surface area contributed by atoms with Crippen LogP contribution in [0.4, 0.5) is 14.5 Å². The van der Waals surface area contributed by atoms with E-state index in [0.717, 1.165) is 36.0 Å². The van der Waals surface area contributed by atoms with Gasteiger partial charge < -0.3 is 5.32 Å². The highest BCUT2D eigenvalue weighted by molar-refractivity contribution is 6.42. The Bertz CT molecular complexity index is 1070. The summed E-state index contributed by atoms with van der Waals surface area (Å²) in [7, 11) is 1.49. The van der Waals surface area contributed by atoms with Crippen LogP contribution in [-0.2, 0) is 13.5 Å². The van der Waals surface area contributed by atoms with E-state index in [0.29, 0.717) is 15.7 Å². The molecular weight excluding hydrogens is 431 g/mol. The van der Waals surface area contributed by atoms with E-state index in [2.05, 4.69) is 17.3 Å². The first-order valence-electron chi connectivity index (χ1n) is 9.51. The molecule has 0 bridgehead atoms. The maximum absolute atomic E-state index is 13.3. The van der Waals surface area contributed by atoms with Crippen LogP contribution >= 0.6 is 23.2 Å². The SMILES string of the molecule is CCCCc1ccc(NC(=O)c2cn(C)nc2C(F)F)c(-c2ccc(Cl)c(Cl)c2)c1. The Morgan fingerprint density at radius 1 is 1.17 bits per heavy atom. The minimum absolute atomic E-state index is 0.164. The number of anilines is 1. The van der Waals surface area contributed by atoms with Gasteiger partial charge in [-0.25, -0.2) is 8.78 Å². The average molecular weight is 452 g/mol. The summed E-state index contributed by atoms with van der Waals surface area (Å²) in [5.74, 6) is -0.652. The third kappa shape index (κ3) is 4.99. The highest BCUT2D eigenvalue weighted by Crippen LogP contribution is 2.34. The minimum Gasteiger partial charge on any atom is -0.321 e. The molecule has 0 spiro atoms. The Balaban J connectivity index is 2.01. The predicted octanol–water partition coefficient (Wildman–Crippen LogP) is 6.93. The molecule has 3 aromatic rings. The van der Waals surface area contributed by atoms with Gasteiger partial charge in [0.15, 0.2) is 0 Å². The van der Waals surface area contributed by atoms with Crippen molar-refractivity contribution in [3.63, 3.8) is 0 Å². The van der Waals surface area contributed by atoms with Crippen LogP contribution in [0.5, 0.6) is 0 Å². The fraction of sp³-hybridized carbons (Fsp3) is 0.273. The molecule has 0 aliphatic carbocycles. The number of benzene rings is 2. The molecule has 1 heterocycles. The lowest BCUT2D eigenvalue weighted by atomic mass is 9.98. The summed E-state index contributed by atoms with van der Waals surface area (Å²) in [4.78, 5) is 12.8. The van der Waals surface area contributed by atoms with Crippen LogP contribution < -0.4 is 5.32 Å². The Morgan fingerprint density at radius 3 is 2.60 bits per heavy atom. The van der Waals surface area contributed by atoms with Gasteiger partial charge in [-0.1, -0.05) is 48.7 Å². The average Bonchev–Trinajstić information content (AvgIpc) is 3.11. The van der Waals surface area contributed by atoms with Gasteiger partial charge in [0, 0.05) is 24.5 Å². The van der Waals surface area contributed by atoms with Crippen LogP contribution in [0.2, 0.25) is 10.0 Å². The van der Waals surface area contributed by atoms with E-state index >= 15 is 0 Å². The third-order valence-electron chi connectivity index (χ3n) is 4.69. The first-order chi connectivity index (χ1) is 14.3. The van der Waals surface area contributed by atoms with Crippen molar-refractivity contribution in [1.29, 1.82) is 0 Å². The number of nitrogens with zero attached hydrogens (tertiary/aromatic N) is 2. The summed E-state index contributed by atoms with van der Waals surface area (Å²) in [5.41, 5.74) is 2.37. The molecule has 1 aromatic heterocycles. The smallest absolute Gasteiger partial charge is 0.282 e. The quantitative estimate of drug-likeness (QED) is 0.423. The number of aryl methyl sites for hydroxylation is 2. The first-order valence-corrected chi connectivity index (χ1v) is 10.3. The monoisotopic (exact) mass is 451 g/mol. The Labute approximate surface area is 183 Å². The van der Waals surface area contributed by atoms with Gasteiger partial charge in [0.05, 0.1) is 15.6 Å². The molecule has 0 saturated carbocycles. The number of carbonyl (C=O) groups is 1. The Morgan fingerprint density at radius 2 is 1.93 bits per heavy atom. The van der Waals surface area contributed by atoms with Crippen molar-refractivity contribution in [2.45, 2.75) is 32.6 Å². The molecule has 3 rings (SSSR count). The maximum Gasteiger partial charge on any atom is 0.282 e. The zero-order valence-corrected chi connectivity index (χ0v) is 18.1. The van der Waals surface area contributed by atoms with Gasteiger partial charge in [0.2, 0.25) is 0 Å². The van der Waals surface area contributed by atoms with E-state index < -0.39 is 18.0 Å². The second-order valence-corrected chi connectivity index (χ2v) is 7.78. The molecule has 0 atom stereocenters. The van der Waals surface area contributed by atoms with E-state index in [1.807, 2.05) is 12.1 Å². The molecule has 0 aliphatic rings. The van der Waals surface area contributed by atoms with Crippen LogP contribution in [0.1, 0.15) is 47.8 Å². The Hall–Kier alpha value is -2.44. The van der Waals surface area contributed by atoms with Crippen LogP contribution in [0.15, 0.2) is 42.6 Å². The molecule has 8 heteroatoms. The summed E-state index contributed by atoms with van der Waals surface area (Å²) < 4.78 is 27.7. The van der Waals surface area contributed by atoms with E-state index in [9.17, 15) is 13.6 Å². The number of amides is 1. The van der Waals surface area contributed by atoms with Gasteiger partial charge in [-0.15, -0.1) is 0 Å². The van der Waals surface area contributed by atoms with Crippen molar-refractivity contribution in [3.05, 3.63) is 69.5 Å². The zero-order chi connectivity index (χ0) is 21.8. The predicted molar refractivity (Wildman–Crippen MR) is 117 cm³/mol. The summed E-state index contributed by atoms with van der Waals surface area (Å²) in [6.07, 6.45) is 1.40. The maximum atomic E-state index is 13.3.